The van der Waals surface area contributed by atoms with Crippen LogP contribution in [0.15, 0.2) is 0 Å². The van der Waals surface area contributed by atoms with E-state index in [-0.39, 0.29) is 11.8 Å². The number of hydrogen-bond acceptors (Lipinski definition) is 9. The maximum absolute atomic E-state index is 12.7. The molecule has 0 aromatic heterocycles. The zero-order valence-corrected chi connectivity index (χ0v) is 23.5. The molecule has 0 atom stereocenters. The van der Waals surface area contributed by atoms with Gasteiger partial charge in [-0.2, -0.15) is 0 Å². The monoisotopic (exact) mass is 530 g/mol. The van der Waals surface area contributed by atoms with Crippen molar-refractivity contribution < 1.29 is 19.1 Å². The Kier molecular flexibility index (Phi) is 19.9. The fourth-order valence-electron chi connectivity index (χ4n) is 3.82. The van der Waals surface area contributed by atoms with Crippen molar-refractivity contribution in [3.63, 3.8) is 0 Å². The second kappa shape index (κ2) is 21.0. The highest BCUT2D eigenvalue weighted by molar-refractivity contribution is 5.77. The zero-order valence-electron chi connectivity index (χ0n) is 23.5. The van der Waals surface area contributed by atoms with Crippen LogP contribution in [-0.4, -0.2) is 117 Å². The maximum Gasteiger partial charge on any atom is 0.407 e. The molecule has 12 nitrogen and oxygen atoms in total. The van der Waals surface area contributed by atoms with E-state index >= 15 is 0 Å². The molecule has 37 heavy (non-hydrogen) atoms. The SMILES string of the molecule is CC(C)(C)OC(=O)NCCCCCCN(CCC(=O)N(CCN)CCN)CCC(=O)N(CCN)CCN. The zero-order chi connectivity index (χ0) is 28.1. The van der Waals surface area contributed by atoms with E-state index in [2.05, 4.69) is 10.2 Å². The van der Waals surface area contributed by atoms with Crippen molar-refractivity contribution in [1.82, 2.24) is 20.0 Å². The van der Waals surface area contributed by atoms with Crippen LogP contribution in [0.4, 0.5) is 4.79 Å². The van der Waals surface area contributed by atoms with Gasteiger partial charge in [-0.15, -0.1) is 0 Å². The largest absolute Gasteiger partial charge is 0.444 e. The van der Waals surface area contributed by atoms with Crippen LogP contribution in [0.3, 0.4) is 0 Å². The molecule has 0 saturated heterocycles. The minimum Gasteiger partial charge on any atom is -0.444 e. The van der Waals surface area contributed by atoms with E-state index in [1.807, 2.05) is 20.8 Å². The summed E-state index contributed by atoms with van der Waals surface area (Å²) in [5.74, 6) is 0.0432. The van der Waals surface area contributed by atoms with Gasteiger partial charge in [0, 0.05) is 84.8 Å². The molecule has 12 heteroatoms. The second-order valence-corrected chi connectivity index (χ2v) is 10.1. The van der Waals surface area contributed by atoms with E-state index in [4.69, 9.17) is 27.7 Å². The van der Waals surface area contributed by atoms with Crippen molar-refractivity contribution in [2.24, 2.45) is 22.9 Å². The van der Waals surface area contributed by atoms with Gasteiger partial charge in [-0.05, 0) is 40.2 Å². The van der Waals surface area contributed by atoms with Gasteiger partial charge in [0.05, 0.1) is 0 Å². The lowest BCUT2D eigenvalue weighted by molar-refractivity contribution is -0.131. The van der Waals surface area contributed by atoms with Gasteiger partial charge < -0.3 is 47.7 Å². The van der Waals surface area contributed by atoms with Gasteiger partial charge in [0.1, 0.15) is 5.60 Å². The number of unbranched alkanes of at least 4 members (excludes halogenated alkanes) is 3. The van der Waals surface area contributed by atoms with Gasteiger partial charge in [0.25, 0.3) is 0 Å². The van der Waals surface area contributed by atoms with Crippen molar-refractivity contribution in [1.29, 1.82) is 0 Å². The molecule has 0 rings (SSSR count). The van der Waals surface area contributed by atoms with Crippen molar-refractivity contribution >= 4 is 17.9 Å². The number of amides is 3. The first kappa shape index (κ1) is 35.0. The van der Waals surface area contributed by atoms with Crippen molar-refractivity contribution in [3.8, 4) is 0 Å². The number of ether oxygens (including phenoxy) is 1. The number of carbonyl (C=O) groups excluding carboxylic acids is 3. The molecule has 3 amide bonds. The van der Waals surface area contributed by atoms with Crippen LogP contribution in [-0.2, 0) is 14.3 Å². The smallest absolute Gasteiger partial charge is 0.407 e. The summed E-state index contributed by atoms with van der Waals surface area (Å²) in [4.78, 5) is 42.6. The second-order valence-electron chi connectivity index (χ2n) is 10.1. The highest BCUT2D eigenvalue weighted by Crippen LogP contribution is 2.08. The molecule has 0 aromatic carbocycles. The topological polar surface area (TPSA) is 186 Å². The summed E-state index contributed by atoms with van der Waals surface area (Å²) in [6.07, 6.45) is 4.03. The highest BCUT2D eigenvalue weighted by Gasteiger charge is 2.18. The number of hydrogen-bond donors (Lipinski definition) is 5. The minimum atomic E-state index is -0.506. The first-order valence-electron chi connectivity index (χ1n) is 13.6. The highest BCUT2D eigenvalue weighted by atomic mass is 16.6. The van der Waals surface area contributed by atoms with Crippen LogP contribution in [0.1, 0.15) is 59.3 Å². The molecule has 218 valence electrons. The third-order valence-corrected chi connectivity index (χ3v) is 5.65. The van der Waals surface area contributed by atoms with E-state index in [1.165, 1.54) is 0 Å². The summed E-state index contributed by atoms with van der Waals surface area (Å²) < 4.78 is 5.24. The average molecular weight is 531 g/mol. The maximum atomic E-state index is 12.7. The molecule has 0 aliphatic rings. The predicted octanol–water partition coefficient (Wildman–Crippen LogP) is -0.354. The van der Waals surface area contributed by atoms with Crippen molar-refractivity contribution in [3.05, 3.63) is 0 Å². The fraction of sp³-hybridized carbons (Fsp3) is 0.880. The van der Waals surface area contributed by atoms with Crippen LogP contribution >= 0.6 is 0 Å². The summed E-state index contributed by atoms with van der Waals surface area (Å²) in [5.41, 5.74) is 22.0. The molecular weight excluding hydrogens is 476 g/mol. The molecule has 0 bridgehead atoms. The fourth-order valence-corrected chi connectivity index (χ4v) is 3.82. The molecule has 0 aromatic rings. The van der Waals surface area contributed by atoms with Crippen LogP contribution in [0.5, 0.6) is 0 Å². The average Bonchev–Trinajstić information content (AvgIpc) is 2.82. The third-order valence-electron chi connectivity index (χ3n) is 5.65. The Balaban J connectivity index is 4.69. The van der Waals surface area contributed by atoms with E-state index in [0.29, 0.717) is 84.8 Å². The molecule has 0 radical (unpaired) electrons. The molecule has 9 N–H and O–H groups in total. The summed E-state index contributed by atoms with van der Waals surface area (Å²) >= 11 is 0. The molecular formula is C25H54N8O4. The summed E-state index contributed by atoms with van der Waals surface area (Å²) in [5, 5.41) is 2.78. The van der Waals surface area contributed by atoms with Gasteiger partial charge in [0.15, 0.2) is 0 Å². The van der Waals surface area contributed by atoms with Crippen molar-refractivity contribution in [2.45, 2.75) is 64.9 Å². The predicted molar refractivity (Wildman–Crippen MR) is 148 cm³/mol. The molecule has 0 heterocycles. The molecule has 0 spiro atoms. The van der Waals surface area contributed by atoms with Gasteiger partial charge in [-0.25, -0.2) is 4.79 Å². The Labute approximate surface area is 223 Å². The van der Waals surface area contributed by atoms with Crippen molar-refractivity contribution in [2.75, 3.05) is 78.5 Å². The van der Waals surface area contributed by atoms with Gasteiger partial charge >= 0.3 is 6.09 Å². The Hall–Kier alpha value is -1.99. The third kappa shape index (κ3) is 18.8. The van der Waals surface area contributed by atoms with Crippen LogP contribution in [0, 0.1) is 0 Å². The molecule has 0 unspecified atom stereocenters. The number of alkyl carbamates (subject to hydrolysis) is 1. The van der Waals surface area contributed by atoms with Crippen LogP contribution in [0.25, 0.3) is 0 Å². The summed E-state index contributed by atoms with van der Waals surface area (Å²) in [6.45, 7) is 11.5. The lowest BCUT2D eigenvalue weighted by Crippen LogP contribution is -2.42. The lowest BCUT2D eigenvalue weighted by Gasteiger charge is -2.27. The Morgan fingerprint density at radius 2 is 1.08 bits per heavy atom. The Morgan fingerprint density at radius 3 is 1.49 bits per heavy atom. The van der Waals surface area contributed by atoms with E-state index < -0.39 is 11.7 Å². The first-order valence-corrected chi connectivity index (χ1v) is 13.6. The summed E-state index contributed by atoms with van der Waals surface area (Å²) in [7, 11) is 0. The summed E-state index contributed by atoms with van der Waals surface area (Å²) in [6, 6.07) is 0. The minimum absolute atomic E-state index is 0.0216. The number of rotatable bonds is 21. The Morgan fingerprint density at radius 1 is 0.649 bits per heavy atom. The number of nitrogens with one attached hydrogen (secondary N) is 1. The van der Waals surface area contributed by atoms with Gasteiger partial charge in [-0.1, -0.05) is 12.8 Å². The molecule has 0 aliphatic carbocycles. The lowest BCUT2D eigenvalue weighted by atomic mass is 10.1. The quantitative estimate of drug-likeness (QED) is 0.124. The first-order chi connectivity index (χ1) is 17.6. The van der Waals surface area contributed by atoms with Crippen LogP contribution < -0.4 is 28.3 Å². The van der Waals surface area contributed by atoms with E-state index in [9.17, 15) is 14.4 Å². The number of nitrogens with zero attached hydrogens (tertiary/aromatic N) is 3. The molecule has 0 fully saturated rings. The van der Waals surface area contributed by atoms with E-state index in [0.717, 1.165) is 32.2 Å². The van der Waals surface area contributed by atoms with Crippen LogP contribution in [0.2, 0.25) is 0 Å². The number of nitrogens with two attached hydrogens (primary N) is 4. The van der Waals surface area contributed by atoms with Gasteiger partial charge in [0.2, 0.25) is 11.8 Å². The number of carbonyl (C=O) groups is 3. The molecule has 0 saturated carbocycles. The molecule has 0 aliphatic heterocycles. The Bertz CT molecular complexity index is 586. The standard InChI is InChI=1S/C25H54N8O4/c1-25(2,3)37-24(36)30-14-6-4-5-7-15-31(16-8-22(34)32(18-10-26)19-11-27)17-9-23(35)33(20-12-28)21-13-29/h4-21,26-29H2,1-3H3,(H,30,36). The van der Waals surface area contributed by atoms with Gasteiger partial charge in [-0.3, -0.25) is 9.59 Å². The normalized spacial score (nSPS) is 11.5. The van der Waals surface area contributed by atoms with E-state index in [1.54, 1.807) is 9.80 Å².